The minimum atomic E-state index is 0. The molecule has 1 saturated heterocycles. The van der Waals surface area contributed by atoms with Gasteiger partial charge in [-0.05, 0) is 40.9 Å². The highest BCUT2D eigenvalue weighted by molar-refractivity contribution is 9.10. The summed E-state index contributed by atoms with van der Waals surface area (Å²) in [6.07, 6.45) is 2.01. The van der Waals surface area contributed by atoms with E-state index >= 15 is 0 Å². The first kappa shape index (κ1) is 14.5. The fraction of sp³-hybridized carbons (Fsp3) is 0.417. The maximum Gasteiger partial charge on any atom is 0.255 e. The Kier molecular flexibility index (Phi) is 5.43. The number of halogens is 2. The summed E-state index contributed by atoms with van der Waals surface area (Å²) >= 11 is 3.40. The molecule has 1 aliphatic heterocycles. The van der Waals surface area contributed by atoms with Gasteiger partial charge in [-0.25, -0.2) is 0 Å². The molecule has 1 heterocycles. The second-order valence-corrected chi connectivity index (χ2v) is 4.99. The van der Waals surface area contributed by atoms with Crippen molar-refractivity contribution in [3.8, 4) is 0 Å². The van der Waals surface area contributed by atoms with Crippen LogP contribution in [0.2, 0.25) is 0 Å². The van der Waals surface area contributed by atoms with Gasteiger partial charge in [0.15, 0.2) is 0 Å². The molecule has 17 heavy (non-hydrogen) atoms. The van der Waals surface area contributed by atoms with Crippen molar-refractivity contribution in [3.05, 3.63) is 34.3 Å². The molecule has 0 saturated carbocycles. The van der Waals surface area contributed by atoms with Gasteiger partial charge in [0.2, 0.25) is 0 Å². The highest BCUT2D eigenvalue weighted by Crippen LogP contribution is 2.19. The van der Waals surface area contributed by atoms with E-state index in [1.807, 2.05) is 29.2 Å². The molecule has 0 bridgehead atoms. The molecule has 0 spiro atoms. The van der Waals surface area contributed by atoms with Crippen LogP contribution in [0.4, 0.5) is 0 Å². The van der Waals surface area contributed by atoms with Crippen LogP contribution in [-0.4, -0.2) is 29.9 Å². The number of carbonyl (C=O) groups is 1. The van der Waals surface area contributed by atoms with Crippen LogP contribution in [-0.2, 0) is 0 Å². The highest BCUT2D eigenvalue weighted by Gasteiger charge is 2.23. The molecule has 0 aromatic heterocycles. The Labute approximate surface area is 116 Å². The lowest BCUT2D eigenvalue weighted by molar-refractivity contribution is 0.0708. The minimum absolute atomic E-state index is 0. The van der Waals surface area contributed by atoms with Gasteiger partial charge in [0, 0.05) is 23.6 Å². The Morgan fingerprint density at radius 2 is 2.12 bits per heavy atom. The number of hydrogen-bond donors (Lipinski definition) is 1. The Balaban J connectivity index is 0.00000144. The van der Waals surface area contributed by atoms with Gasteiger partial charge in [-0.2, -0.15) is 0 Å². The molecule has 0 aliphatic carbocycles. The van der Waals surface area contributed by atoms with E-state index in [0.717, 1.165) is 29.4 Å². The van der Waals surface area contributed by atoms with Gasteiger partial charge in [-0.15, -0.1) is 12.4 Å². The molecule has 5 heteroatoms. The van der Waals surface area contributed by atoms with E-state index in [1.165, 1.54) is 0 Å². The van der Waals surface area contributed by atoms with E-state index in [0.29, 0.717) is 6.54 Å². The Hall–Kier alpha value is -0.580. The summed E-state index contributed by atoms with van der Waals surface area (Å²) in [7, 11) is 0. The first-order valence-corrected chi connectivity index (χ1v) is 6.27. The molecule has 2 rings (SSSR count). The lowest BCUT2D eigenvalue weighted by Gasteiger charge is -2.31. The van der Waals surface area contributed by atoms with E-state index in [9.17, 15) is 4.79 Å². The quantitative estimate of drug-likeness (QED) is 0.864. The van der Waals surface area contributed by atoms with E-state index in [2.05, 4.69) is 15.9 Å². The van der Waals surface area contributed by atoms with Gasteiger partial charge in [-0.3, -0.25) is 4.79 Å². The van der Waals surface area contributed by atoms with Crippen LogP contribution in [0.1, 0.15) is 23.2 Å². The van der Waals surface area contributed by atoms with E-state index in [1.54, 1.807) is 0 Å². The predicted octanol–water partition coefficient (Wildman–Crippen LogP) is 2.43. The van der Waals surface area contributed by atoms with Crippen molar-refractivity contribution in [2.75, 3.05) is 13.1 Å². The fourth-order valence-corrected chi connectivity index (χ4v) is 2.45. The predicted molar refractivity (Wildman–Crippen MR) is 74.5 cm³/mol. The molecule has 0 radical (unpaired) electrons. The molecule has 94 valence electrons. The van der Waals surface area contributed by atoms with Gasteiger partial charge >= 0.3 is 0 Å². The van der Waals surface area contributed by atoms with Crippen LogP contribution in [0.5, 0.6) is 0 Å². The molecule has 2 N–H and O–H groups in total. The molecular formula is C12H16BrClN2O. The third kappa shape index (κ3) is 3.44. The van der Waals surface area contributed by atoms with Crippen molar-refractivity contribution in [2.45, 2.75) is 18.9 Å². The van der Waals surface area contributed by atoms with Crippen molar-refractivity contribution in [2.24, 2.45) is 5.73 Å². The first-order chi connectivity index (χ1) is 7.68. The van der Waals surface area contributed by atoms with Crippen LogP contribution < -0.4 is 5.73 Å². The van der Waals surface area contributed by atoms with Gasteiger partial charge in [0.05, 0.1) is 5.56 Å². The van der Waals surface area contributed by atoms with Crippen molar-refractivity contribution >= 4 is 34.2 Å². The van der Waals surface area contributed by atoms with Crippen molar-refractivity contribution in [3.63, 3.8) is 0 Å². The van der Waals surface area contributed by atoms with E-state index in [4.69, 9.17) is 5.73 Å². The largest absolute Gasteiger partial charge is 0.337 e. The van der Waals surface area contributed by atoms with Crippen molar-refractivity contribution in [1.82, 2.24) is 4.90 Å². The molecule has 1 amide bonds. The third-order valence-electron chi connectivity index (χ3n) is 2.85. The van der Waals surface area contributed by atoms with Crippen LogP contribution >= 0.6 is 28.3 Å². The minimum Gasteiger partial charge on any atom is -0.337 e. The van der Waals surface area contributed by atoms with Crippen molar-refractivity contribution in [1.29, 1.82) is 0 Å². The highest BCUT2D eigenvalue weighted by atomic mass is 79.9. The molecular weight excluding hydrogens is 304 g/mol. The number of nitrogens with two attached hydrogens (primary N) is 1. The van der Waals surface area contributed by atoms with Crippen LogP contribution in [0.25, 0.3) is 0 Å². The zero-order chi connectivity index (χ0) is 11.5. The Morgan fingerprint density at radius 3 is 2.76 bits per heavy atom. The molecule has 1 aliphatic rings. The topological polar surface area (TPSA) is 46.3 Å². The number of benzene rings is 1. The van der Waals surface area contributed by atoms with Gasteiger partial charge in [0.1, 0.15) is 0 Å². The summed E-state index contributed by atoms with van der Waals surface area (Å²) in [5.41, 5.74) is 6.59. The summed E-state index contributed by atoms with van der Waals surface area (Å²) in [4.78, 5) is 14.0. The monoisotopic (exact) mass is 318 g/mol. The standard InChI is InChI=1S/C12H15BrN2O.ClH/c13-11-6-2-1-5-10(11)12(16)15-7-3-4-9(14)8-15;/h1-2,5-6,9H,3-4,7-8,14H2;1H. The SMILES string of the molecule is Cl.NC1CCCN(C(=O)c2ccccc2Br)C1. The lowest BCUT2D eigenvalue weighted by Crippen LogP contribution is -2.45. The van der Waals surface area contributed by atoms with Crippen LogP contribution in [0.3, 0.4) is 0 Å². The second kappa shape index (κ2) is 6.38. The molecule has 1 aromatic rings. The smallest absolute Gasteiger partial charge is 0.255 e. The third-order valence-corrected chi connectivity index (χ3v) is 3.54. The molecule has 1 unspecified atom stereocenters. The molecule has 3 nitrogen and oxygen atoms in total. The zero-order valence-corrected chi connectivity index (χ0v) is 11.8. The van der Waals surface area contributed by atoms with Gasteiger partial charge in [-0.1, -0.05) is 12.1 Å². The normalized spacial score (nSPS) is 19.6. The molecule has 1 aromatic carbocycles. The zero-order valence-electron chi connectivity index (χ0n) is 9.43. The van der Waals surface area contributed by atoms with Crippen molar-refractivity contribution < 1.29 is 4.79 Å². The number of nitrogens with zero attached hydrogens (tertiary/aromatic N) is 1. The fourth-order valence-electron chi connectivity index (χ4n) is 2.00. The van der Waals surface area contributed by atoms with E-state index < -0.39 is 0 Å². The maximum absolute atomic E-state index is 12.2. The summed E-state index contributed by atoms with van der Waals surface area (Å²) < 4.78 is 0.846. The van der Waals surface area contributed by atoms with E-state index in [-0.39, 0.29) is 24.4 Å². The average molecular weight is 320 g/mol. The number of carbonyl (C=O) groups excluding carboxylic acids is 1. The summed E-state index contributed by atoms with van der Waals surface area (Å²) in [5, 5.41) is 0. The lowest BCUT2D eigenvalue weighted by atomic mass is 10.1. The Morgan fingerprint density at radius 1 is 1.41 bits per heavy atom. The molecule has 1 atom stereocenters. The first-order valence-electron chi connectivity index (χ1n) is 5.48. The van der Waals surface area contributed by atoms with Gasteiger partial charge in [0.25, 0.3) is 5.91 Å². The number of rotatable bonds is 1. The maximum atomic E-state index is 12.2. The second-order valence-electron chi connectivity index (χ2n) is 4.13. The Bertz CT molecular complexity index is 400. The summed E-state index contributed by atoms with van der Waals surface area (Å²) in [6, 6.07) is 7.63. The number of piperidine rings is 1. The molecule has 1 fully saturated rings. The van der Waals surface area contributed by atoms with Gasteiger partial charge < -0.3 is 10.6 Å². The van der Waals surface area contributed by atoms with Crippen LogP contribution in [0.15, 0.2) is 28.7 Å². The number of likely N-dealkylation sites (tertiary alicyclic amines) is 1. The number of hydrogen-bond acceptors (Lipinski definition) is 2. The van der Waals surface area contributed by atoms with Crippen LogP contribution in [0, 0.1) is 0 Å². The number of amides is 1. The summed E-state index contributed by atoms with van der Waals surface area (Å²) in [5.74, 6) is 0.0719. The average Bonchev–Trinajstić information content (AvgIpc) is 2.29. The summed E-state index contributed by atoms with van der Waals surface area (Å²) in [6.45, 7) is 1.48.